The predicted molar refractivity (Wildman–Crippen MR) is 59.8 cm³/mol. The van der Waals surface area contributed by atoms with Crippen molar-refractivity contribution >= 4 is 22.9 Å². The zero-order chi connectivity index (χ0) is 12.0. The van der Waals surface area contributed by atoms with E-state index in [1.54, 1.807) is 27.7 Å². The maximum Gasteiger partial charge on any atom is 0.266 e. The molecule has 0 aromatic carbocycles. The van der Waals surface area contributed by atoms with Crippen molar-refractivity contribution in [2.24, 2.45) is 0 Å². The first-order valence-corrected chi connectivity index (χ1v) is 5.57. The molecule has 1 aliphatic heterocycles. The van der Waals surface area contributed by atoms with Crippen molar-refractivity contribution in [3.63, 3.8) is 0 Å². The fourth-order valence-electron chi connectivity index (χ4n) is 2.04. The second-order valence-electron chi connectivity index (χ2n) is 4.07. The van der Waals surface area contributed by atoms with Crippen molar-refractivity contribution in [1.29, 1.82) is 0 Å². The third-order valence-corrected chi connectivity index (χ3v) is 2.98. The molecule has 0 unspecified atom stereocenters. The molecule has 17 heavy (non-hydrogen) atoms. The molecule has 0 saturated carbocycles. The molecule has 4 nitrogen and oxygen atoms in total. The fraction of sp³-hybridized carbons (Fsp3) is 0.400. The Hall–Kier alpha value is -1.43. The summed E-state index contributed by atoms with van der Waals surface area (Å²) in [4.78, 5) is 5.59. The molecule has 90 valence electrons. The molecule has 2 aromatic heterocycles. The van der Waals surface area contributed by atoms with Crippen LogP contribution in [0, 0.1) is 0 Å². The minimum atomic E-state index is -2.65. The van der Waals surface area contributed by atoms with Crippen LogP contribution in [0.2, 0.25) is 5.28 Å². The van der Waals surface area contributed by atoms with Crippen LogP contribution in [-0.2, 0) is 0 Å². The van der Waals surface area contributed by atoms with Crippen LogP contribution < -0.4 is 4.90 Å². The van der Waals surface area contributed by atoms with Gasteiger partial charge >= 0.3 is 0 Å². The summed E-state index contributed by atoms with van der Waals surface area (Å²) in [5.74, 6) is -2.19. The van der Waals surface area contributed by atoms with Crippen LogP contribution in [0.5, 0.6) is 0 Å². The van der Waals surface area contributed by atoms with E-state index in [1.165, 1.54) is 0 Å². The molecule has 1 aliphatic rings. The van der Waals surface area contributed by atoms with Gasteiger partial charge in [0.15, 0.2) is 5.82 Å². The molecule has 0 bridgehead atoms. The van der Waals surface area contributed by atoms with Gasteiger partial charge in [-0.3, -0.25) is 0 Å². The number of hydrogen-bond acceptors (Lipinski definition) is 3. The van der Waals surface area contributed by atoms with Crippen LogP contribution in [0.4, 0.5) is 14.6 Å². The second-order valence-corrected chi connectivity index (χ2v) is 4.41. The van der Waals surface area contributed by atoms with Gasteiger partial charge in [0.25, 0.3) is 5.92 Å². The van der Waals surface area contributed by atoms with Gasteiger partial charge in [0.05, 0.1) is 6.54 Å². The molecule has 1 fully saturated rings. The zero-order valence-corrected chi connectivity index (χ0v) is 9.53. The van der Waals surface area contributed by atoms with Gasteiger partial charge in [-0.2, -0.15) is 4.98 Å². The highest BCUT2D eigenvalue weighted by molar-refractivity contribution is 6.28. The average molecular weight is 259 g/mol. The summed E-state index contributed by atoms with van der Waals surface area (Å²) in [5, 5.41) is 4.02. The van der Waals surface area contributed by atoms with Crippen molar-refractivity contribution in [3.8, 4) is 0 Å². The largest absolute Gasteiger partial charge is 0.348 e. The smallest absolute Gasteiger partial charge is 0.266 e. The Balaban J connectivity index is 2.08. The molecule has 2 aromatic rings. The number of alkyl halides is 2. The van der Waals surface area contributed by atoms with Gasteiger partial charge in [-0.15, -0.1) is 5.10 Å². The first-order valence-electron chi connectivity index (χ1n) is 5.19. The number of fused-ring (bicyclic) bond motifs is 1. The Morgan fingerprint density at radius 3 is 2.94 bits per heavy atom. The Bertz CT molecular complexity index is 568. The average Bonchev–Trinajstić information content (AvgIpc) is 2.82. The minimum Gasteiger partial charge on any atom is -0.348 e. The lowest BCUT2D eigenvalue weighted by atomic mass is 10.3. The van der Waals surface area contributed by atoms with E-state index in [0.29, 0.717) is 11.3 Å². The molecular weight excluding hydrogens is 250 g/mol. The summed E-state index contributed by atoms with van der Waals surface area (Å²) in [6.07, 6.45) is 1.56. The third kappa shape index (κ3) is 1.82. The lowest BCUT2D eigenvalue weighted by Gasteiger charge is -2.17. The first kappa shape index (κ1) is 10.7. The molecular formula is C10H9ClF2N4. The van der Waals surface area contributed by atoms with E-state index >= 15 is 0 Å². The van der Waals surface area contributed by atoms with Crippen LogP contribution in [-0.4, -0.2) is 33.6 Å². The molecule has 1 saturated heterocycles. The monoisotopic (exact) mass is 258 g/mol. The standard InChI is InChI=1S/C10H9ClF2N4/c11-9-14-8(7-2-1-4-17(7)15-9)16-5-3-10(12,13)6-16/h1-2,4H,3,5-6H2. The van der Waals surface area contributed by atoms with E-state index in [9.17, 15) is 8.78 Å². The van der Waals surface area contributed by atoms with E-state index in [-0.39, 0.29) is 24.8 Å². The summed E-state index contributed by atoms with van der Waals surface area (Å²) < 4.78 is 27.9. The van der Waals surface area contributed by atoms with Crippen molar-refractivity contribution in [1.82, 2.24) is 14.6 Å². The van der Waals surface area contributed by atoms with E-state index in [2.05, 4.69) is 10.1 Å². The van der Waals surface area contributed by atoms with Crippen molar-refractivity contribution in [2.45, 2.75) is 12.3 Å². The number of rotatable bonds is 1. The van der Waals surface area contributed by atoms with Crippen molar-refractivity contribution < 1.29 is 8.78 Å². The van der Waals surface area contributed by atoms with Crippen LogP contribution >= 0.6 is 11.6 Å². The quantitative estimate of drug-likeness (QED) is 0.787. The lowest BCUT2D eigenvalue weighted by Crippen LogP contribution is -2.26. The van der Waals surface area contributed by atoms with Crippen LogP contribution in [0.1, 0.15) is 6.42 Å². The van der Waals surface area contributed by atoms with Crippen LogP contribution in [0.15, 0.2) is 18.3 Å². The molecule has 0 atom stereocenters. The Labute approximate surface area is 101 Å². The third-order valence-electron chi connectivity index (χ3n) is 2.81. The lowest BCUT2D eigenvalue weighted by molar-refractivity contribution is 0.0257. The molecule has 0 spiro atoms. The number of hydrogen-bond donors (Lipinski definition) is 0. The van der Waals surface area contributed by atoms with Gasteiger partial charge in [0, 0.05) is 19.2 Å². The Morgan fingerprint density at radius 1 is 1.41 bits per heavy atom. The number of anilines is 1. The minimum absolute atomic E-state index is 0.0546. The zero-order valence-electron chi connectivity index (χ0n) is 8.78. The topological polar surface area (TPSA) is 33.4 Å². The summed E-state index contributed by atoms with van der Waals surface area (Å²) in [5.41, 5.74) is 0.687. The van der Waals surface area contributed by atoms with E-state index < -0.39 is 5.92 Å². The van der Waals surface area contributed by atoms with Crippen LogP contribution in [0.25, 0.3) is 5.52 Å². The molecule has 0 radical (unpaired) electrons. The highest BCUT2D eigenvalue weighted by atomic mass is 35.5. The highest BCUT2D eigenvalue weighted by Gasteiger charge is 2.39. The molecule has 3 rings (SSSR count). The van der Waals surface area contributed by atoms with Gasteiger partial charge < -0.3 is 4.90 Å². The summed E-state index contributed by atoms with van der Waals surface area (Å²) >= 11 is 5.77. The number of nitrogens with zero attached hydrogens (tertiary/aromatic N) is 4. The molecule has 3 heterocycles. The normalized spacial score (nSPS) is 19.1. The van der Waals surface area contributed by atoms with Gasteiger partial charge in [-0.1, -0.05) is 0 Å². The molecule has 0 amide bonds. The summed E-state index contributed by atoms with van der Waals surface area (Å²) in [6.45, 7) is -0.0393. The van der Waals surface area contributed by atoms with Gasteiger partial charge in [0.2, 0.25) is 5.28 Å². The van der Waals surface area contributed by atoms with Crippen LogP contribution in [0.3, 0.4) is 0 Å². The number of halogens is 3. The van der Waals surface area contributed by atoms with Crippen molar-refractivity contribution in [3.05, 3.63) is 23.6 Å². The van der Waals surface area contributed by atoms with E-state index in [4.69, 9.17) is 11.6 Å². The van der Waals surface area contributed by atoms with Crippen molar-refractivity contribution in [2.75, 3.05) is 18.0 Å². The van der Waals surface area contributed by atoms with E-state index in [0.717, 1.165) is 0 Å². The summed E-state index contributed by atoms with van der Waals surface area (Å²) in [7, 11) is 0. The van der Waals surface area contributed by atoms with Gasteiger partial charge in [0.1, 0.15) is 5.52 Å². The predicted octanol–water partition coefficient (Wildman–Crippen LogP) is 2.23. The van der Waals surface area contributed by atoms with E-state index in [1.807, 2.05) is 0 Å². The number of aromatic nitrogens is 3. The summed E-state index contributed by atoms with van der Waals surface area (Å²) in [6, 6.07) is 3.56. The Kier molecular flexibility index (Phi) is 2.22. The molecule has 0 N–H and O–H groups in total. The SMILES string of the molecule is FC1(F)CCN(c2nc(Cl)nn3cccc23)C1. The Morgan fingerprint density at radius 2 is 2.24 bits per heavy atom. The van der Waals surface area contributed by atoms with Gasteiger partial charge in [-0.25, -0.2) is 13.3 Å². The second kappa shape index (κ2) is 3.53. The van der Waals surface area contributed by atoms with Gasteiger partial charge in [-0.05, 0) is 23.7 Å². The fourth-order valence-corrected chi connectivity index (χ4v) is 2.20. The molecule has 7 heteroatoms. The maximum atomic E-state index is 13.2. The highest BCUT2D eigenvalue weighted by Crippen LogP contribution is 2.32. The molecule has 0 aliphatic carbocycles. The maximum absolute atomic E-state index is 13.2. The first-order chi connectivity index (χ1) is 8.05.